The molecule has 1 aromatic rings. The summed E-state index contributed by atoms with van der Waals surface area (Å²) in [4.78, 5) is 24.0. The standard InChI is InChI=1S/C13H17BrN2O4/c1-8(12(17)18)7-16(2)13(19)15-9-4-5-10(14)11(6-9)20-3/h4-6,8H,7H2,1-3H3,(H,15,19)(H,17,18). The van der Waals surface area contributed by atoms with Crippen LogP contribution in [0.5, 0.6) is 5.75 Å². The van der Waals surface area contributed by atoms with E-state index in [9.17, 15) is 9.59 Å². The first kappa shape index (κ1) is 16.3. The predicted molar refractivity (Wildman–Crippen MR) is 79.1 cm³/mol. The van der Waals surface area contributed by atoms with Crippen molar-refractivity contribution in [3.63, 3.8) is 0 Å². The van der Waals surface area contributed by atoms with Gasteiger partial charge in [0.05, 0.1) is 17.5 Å². The van der Waals surface area contributed by atoms with Gasteiger partial charge in [-0.05, 0) is 28.1 Å². The van der Waals surface area contributed by atoms with Crippen LogP contribution in [-0.2, 0) is 4.79 Å². The third kappa shape index (κ3) is 4.41. The molecule has 7 heteroatoms. The Morgan fingerprint density at radius 2 is 2.15 bits per heavy atom. The van der Waals surface area contributed by atoms with Crippen LogP contribution in [0, 0.1) is 5.92 Å². The van der Waals surface area contributed by atoms with Gasteiger partial charge in [0, 0.05) is 25.3 Å². The Balaban J connectivity index is 2.68. The monoisotopic (exact) mass is 344 g/mol. The molecular weight excluding hydrogens is 328 g/mol. The van der Waals surface area contributed by atoms with Gasteiger partial charge in [-0.15, -0.1) is 0 Å². The summed E-state index contributed by atoms with van der Waals surface area (Å²) in [6.45, 7) is 1.68. The molecule has 20 heavy (non-hydrogen) atoms. The van der Waals surface area contributed by atoms with E-state index in [1.54, 1.807) is 32.2 Å². The molecule has 0 aliphatic heterocycles. The summed E-state index contributed by atoms with van der Waals surface area (Å²) in [6, 6.07) is 4.78. The number of hydrogen-bond donors (Lipinski definition) is 2. The molecule has 0 saturated carbocycles. The number of urea groups is 1. The second kappa shape index (κ2) is 7.14. The summed E-state index contributed by atoms with van der Waals surface area (Å²) in [5.41, 5.74) is 0.574. The van der Waals surface area contributed by atoms with E-state index in [4.69, 9.17) is 9.84 Å². The molecule has 0 aromatic heterocycles. The number of carbonyl (C=O) groups excluding carboxylic acids is 1. The molecule has 2 N–H and O–H groups in total. The number of halogens is 1. The van der Waals surface area contributed by atoms with Crippen LogP contribution in [0.15, 0.2) is 22.7 Å². The minimum atomic E-state index is -0.935. The van der Waals surface area contributed by atoms with Gasteiger partial charge in [-0.2, -0.15) is 0 Å². The maximum atomic E-state index is 11.9. The molecule has 110 valence electrons. The third-order valence-corrected chi connectivity index (χ3v) is 3.37. The smallest absolute Gasteiger partial charge is 0.321 e. The normalized spacial score (nSPS) is 11.6. The zero-order valence-electron chi connectivity index (χ0n) is 11.5. The van der Waals surface area contributed by atoms with E-state index in [0.717, 1.165) is 4.47 Å². The number of carboxylic acids is 1. The molecule has 0 spiro atoms. The molecule has 1 atom stereocenters. The van der Waals surface area contributed by atoms with Gasteiger partial charge in [0.2, 0.25) is 0 Å². The second-order valence-corrected chi connectivity index (χ2v) is 5.25. The van der Waals surface area contributed by atoms with E-state index in [0.29, 0.717) is 11.4 Å². The van der Waals surface area contributed by atoms with Crippen molar-refractivity contribution >= 4 is 33.6 Å². The van der Waals surface area contributed by atoms with Gasteiger partial charge in [0.15, 0.2) is 0 Å². The van der Waals surface area contributed by atoms with Crippen LogP contribution in [0.4, 0.5) is 10.5 Å². The first-order valence-electron chi connectivity index (χ1n) is 5.93. The summed E-state index contributed by atoms with van der Waals surface area (Å²) in [5, 5.41) is 11.5. The zero-order chi connectivity index (χ0) is 15.3. The van der Waals surface area contributed by atoms with Crippen molar-refractivity contribution in [3.05, 3.63) is 22.7 Å². The average Bonchev–Trinajstić information content (AvgIpc) is 2.40. The number of nitrogens with zero attached hydrogens (tertiary/aromatic N) is 1. The fourth-order valence-corrected chi connectivity index (χ4v) is 1.94. The zero-order valence-corrected chi connectivity index (χ0v) is 13.1. The maximum Gasteiger partial charge on any atom is 0.321 e. The Hall–Kier alpha value is -1.76. The maximum absolute atomic E-state index is 11.9. The lowest BCUT2D eigenvalue weighted by molar-refractivity contribution is -0.141. The van der Waals surface area contributed by atoms with Crippen LogP contribution in [0.25, 0.3) is 0 Å². The molecule has 0 saturated heterocycles. The molecule has 1 rings (SSSR count). The van der Waals surface area contributed by atoms with Gasteiger partial charge in [-0.3, -0.25) is 4.79 Å². The minimum absolute atomic E-state index is 0.134. The van der Waals surface area contributed by atoms with Crippen molar-refractivity contribution in [3.8, 4) is 5.75 Å². The molecule has 1 aromatic carbocycles. The molecule has 0 aliphatic carbocycles. The lowest BCUT2D eigenvalue weighted by atomic mass is 10.2. The Labute approximate surface area is 125 Å². The highest BCUT2D eigenvalue weighted by molar-refractivity contribution is 9.10. The molecule has 0 heterocycles. The van der Waals surface area contributed by atoms with Gasteiger partial charge in [0.25, 0.3) is 0 Å². The third-order valence-electron chi connectivity index (χ3n) is 2.72. The number of carboxylic acid groups (broad SMARTS) is 1. The molecule has 1 unspecified atom stereocenters. The van der Waals surface area contributed by atoms with E-state index >= 15 is 0 Å². The van der Waals surface area contributed by atoms with Crippen molar-refractivity contribution in [1.29, 1.82) is 0 Å². The molecule has 0 fully saturated rings. The summed E-state index contributed by atoms with van der Waals surface area (Å²) in [5.74, 6) is -0.954. The van der Waals surface area contributed by atoms with Crippen molar-refractivity contribution < 1.29 is 19.4 Å². The lowest BCUT2D eigenvalue weighted by Crippen LogP contribution is -2.36. The first-order valence-corrected chi connectivity index (χ1v) is 6.73. The van der Waals surface area contributed by atoms with Crippen LogP contribution in [0.2, 0.25) is 0 Å². The fraction of sp³-hybridized carbons (Fsp3) is 0.385. The first-order chi connectivity index (χ1) is 9.35. The average molecular weight is 345 g/mol. The SMILES string of the molecule is COc1cc(NC(=O)N(C)CC(C)C(=O)O)ccc1Br. The van der Waals surface area contributed by atoms with Crippen molar-refractivity contribution in [2.24, 2.45) is 5.92 Å². The molecule has 0 radical (unpaired) electrons. The summed E-state index contributed by atoms with van der Waals surface area (Å²) in [7, 11) is 3.08. The van der Waals surface area contributed by atoms with E-state index < -0.39 is 11.9 Å². The van der Waals surface area contributed by atoms with E-state index in [1.165, 1.54) is 12.0 Å². The second-order valence-electron chi connectivity index (χ2n) is 4.40. The Morgan fingerprint density at radius 3 is 2.70 bits per heavy atom. The highest BCUT2D eigenvalue weighted by Gasteiger charge is 2.17. The number of anilines is 1. The predicted octanol–water partition coefficient (Wildman–Crippen LogP) is 2.64. The summed E-state index contributed by atoms with van der Waals surface area (Å²) in [6.07, 6.45) is 0. The van der Waals surface area contributed by atoms with Gasteiger partial charge in [0.1, 0.15) is 5.75 Å². The summed E-state index contributed by atoms with van der Waals surface area (Å²) < 4.78 is 5.92. The number of amides is 2. The van der Waals surface area contributed by atoms with Crippen molar-refractivity contribution in [1.82, 2.24) is 4.90 Å². The number of ether oxygens (including phenoxy) is 1. The van der Waals surface area contributed by atoms with Gasteiger partial charge in [-0.25, -0.2) is 4.79 Å². The number of methoxy groups -OCH3 is 1. The molecule has 2 amide bonds. The van der Waals surface area contributed by atoms with Crippen LogP contribution in [0.3, 0.4) is 0 Å². The Morgan fingerprint density at radius 1 is 1.50 bits per heavy atom. The largest absolute Gasteiger partial charge is 0.495 e. The molecular formula is C13H17BrN2O4. The van der Waals surface area contributed by atoms with Crippen molar-refractivity contribution in [2.75, 3.05) is 26.0 Å². The fourth-order valence-electron chi connectivity index (χ4n) is 1.53. The van der Waals surface area contributed by atoms with Crippen molar-refractivity contribution in [2.45, 2.75) is 6.92 Å². The highest BCUT2D eigenvalue weighted by atomic mass is 79.9. The number of carbonyl (C=O) groups is 2. The van der Waals surface area contributed by atoms with E-state index in [2.05, 4.69) is 21.2 Å². The lowest BCUT2D eigenvalue weighted by Gasteiger charge is -2.20. The number of aliphatic carboxylic acids is 1. The Bertz CT molecular complexity index is 507. The molecule has 0 bridgehead atoms. The van der Waals surface area contributed by atoms with E-state index in [-0.39, 0.29) is 12.6 Å². The van der Waals surface area contributed by atoms with Crippen LogP contribution >= 0.6 is 15.9 Å². The molecule has 6 nitrogen and oxygen atoms in total. The Kier molecular flexibility index (Phi) is 5.82. The van der Waals surface area contributed by atoms with Crippen LogP contribution in [0.1, 0.15) is 6.92 Å². The molecule has 0 aliphatic rings. The van der Waals surface area contributed by atoms with Crippen LogP contribution in [-0.4, -0.2) is 42.7 Å². The van der Waals surface area contributed by atoms with Crippen LogP contribution < -0.4 is 10.1 Å². The summed E-state index contributed by atoms with van der Waals surface area (Å²) >= 11 is 3.32. The number of benzene rings is 1. The highest BCUT2D eigenvalue weighted by Crippen LogP contribution is 2.27. The number of nitrogens with one attached hydrogen (secondary N) is 1. The van der Waals surface area contributed by atoms with E-state index in [1.807, 2.05) is 0 Å². The van der Waals surface area contributed by atoms with Gasteiger partial charge < -0.3 is 20.1 Å². The van der Waals surface area contributed by atoms with Gasteiger partial charge in [-0.1, -0.05) is 6.92 Å². The number of rotatable bonds is 5. The number of hydrogen-bond acceptors (Lipinski definition) is 3. The minimum Gasteiger partial charge on any atom is -0.495 e. The van der Waals surface area contributed by atoms with Gasteiger partial charge >= 0.3 is 12.0 Å². The topological polar surface area (TPSA) is 78.9 Å². The quantitative estimate of drug-likeness (QED) is 0.860.